The highest BCUT2D eigenvalue weighted by Gasteiger charge is 2.06. The molecule has 2 N–H and O–H groups in total. The third-order valence-electron chi connectivity index (χ3n) is 3.42. The predicted octanol–water partition coefficient (Wildman–Crippen LogP) is 2.01. The predicted molar refractivity (Wildman–Crippen MR) is 94.9 cm³/mol. The van der Waals surface area contributed by atoms with Gasteiger partial charge >= 0.3 is 0 Å². The van der Waals surface area contributed by atoms with E-state index in [4.69, 9.17) is 9.47 Å². The molecule has 0 saturated carbocycles. The Balaban J connectivity index is 1.60. The largest absolute Gasteiger partial charge is 0.493 e. The minimum atomic E-state index is -0.187. The average Bonchev–Trinajstić information content (AvgIpc) is 2.66. The van der Waals surface area contributed by atoms with E-state index in [2.05, 4.69) is 10.6 Å². The second kappa shape index (κ2) is 9.97. The van der Waals surface area contributed by atoms with Crippen molar-refractivity contribution < 1.29 is 19.1 Å². The third kappa shape index (κ3) is 6.18. The van der Waals surface area contributed by atoms with Crippen molar-refractivity contribution in [2.75, 3.05) is 26.8 Å². The van der Waals surface area contributed by atoms with Crippen LogP contribution in [-0.2, 0) is 4.79 Å². The molecule has 0 aliphatic heterocycles. The van der Waals surface area contributed by atoms with E-state index in [1.54, 1.807) is 37.4 Å². The van der Waals surface area contributed by atoms with E-state index in [1.807, 2.05) is 24.3 Å². The number of nitrogens with one attached hydrogen (secondary N) is 2. The maximum Gasteiger partial charge on any atom is 0.251 e. The molecule has 6 heteroatoms. The Kier molecular flexibility index (Phi) is 7.31. The van der Waals surface area contributed by atoms with Gasteiger partial charge in [0.1, 0.15) is 6.61 Å². The molecule has 0 bridgehead atoms. The molecule has 2 aromatic rings. The van der Waals surface area contributed by atoms with Crippen molar-refractivity contribution in [1.82, 2.24) is 10.6 Å². The zero-order chi connectivity index (χ0) is 17.9. The van der Waals surface area contributed by atoms with E-state index in [0.29, 0.717) is 30.2 Å². The fraction of sp³-hybridized carbons (Fsp3) is 0.263. The highest BCUT2D eigenvalue weighted by atomic mass is 16.5. The van der Waals surface area contributed by atoms with Crippen LogP contribution >= 0.6 is 0 Å². The molecule has 0 heterocycles. The van der Waals surface area contributed by atoms with E-state index in [-0.39, 0.29) is 24.8 Å². The van der Waals surface area contributed by atoms with E-state index in [9.17, 15) is 9.59 Å². The SMILES string of the molecule is COc1ccccc1OCCNC(=O)CCNC(=O)c1ccccc1. The minimum absolute atomic E-state index is 0.142. The standard InChI is InChI=1S/C19H22N2O4/c1-24-16-9-5-6-10-17(16)25-14-13-20-18(22)11-12-21-19(23)15-7-3-2-4-8-15/h2-10H,11-14H2,1H3,(H,20,22)(H,21,23). The molecule has 0 unspecified atom stereocenters. The van der Waals surface area contributed by atoms with Crippen LogP contribution in [0.3, 0.4) is 0 Å². The van der Waals surface area contributed by atoms with Crippen LogP contribution in [0.15, 0.2) is 54.6 Å². The van der Waals surface area contributed by atoms with Crippen molar-refractivity contribution in [3.05, 3.63) is 60.2 Å². The number of ether oxygens (including phenoxy) is 2. The summed E-state index contributed by atoms with van der Waals surface area (Å²) in [4.78, 5) is 23.6. The lowest BCUT2D eigenvalue weighted by atomic mass is 10.2. The fourth-order valence-corrected chi connectivity index (χ4v) is 2.16. The molecule has 2 aromatic carbocycles. The molecule has 132 valence electrons. The van der Waals surface area contributed by atoms with Gasteiger partial charge in [0, 0.05) is 18.5 Å². The van der Waals surface area contributed by atoms with Gasteiger partial charge in [0.2, 0.25) is 5.91 Å². The van der Waals surface area contributed by atoms with Gasteiger partial charge in [-0.3, -0.25) is 9.59 Å². The van der Waals surface area contributed by atoms with Gasteiger partial charge in [-0.25, -0.2) is 0 Å². The Morgan fingerprint density at radius 3 is 2.28 bits per heavy atom. The smallest absolute Gasteiger partial charge is 0.251 e. The Morgan fingerprint density at radius 2 is 1.56 bits per heavy atom. The zero-order valence-electron chi connectivity index (χ0n) is 14.2. The summed E-state index contributed by atoms with van der Waals surface area (Å²) in [5.41, 5.74) is 0.577. The van der Waals surface area contributed by atoms with Gasteiger partial charge in [-0.1, -0.05) is 30.3 Å². The topological polar surface area (TPSA) is 76.7 Å². The third-order valence-corrected chi connectivity index (χ3v) is 3.42. The Hall–Kier alpha value is -3.02. The summed E-state index contributed by atoms with van der Waals surface area (Å²) in [6.45, 7) is 0.999. The number of amides is 2. The van der Waals surface area contributed by atoms with Crippen molar-refractivity contribution in [2.45, 2.75) is 6.42 Å². The second-order valence-corrected chi connectivity index (χ2v) is 5.22. The van der Waals surface area contributed by atoms with E-state index in [0.717, 1.165) is 0 Å². The molecule has 2 amide bonds. The lowest BCUT2D eigenvalue weighted by Gasteiger charge is -2.11. The molecule has 0 radical (unpaired) electrons. The molecule has 25 heavy (non-hydrogen) atoms. The number of para-hydroxylation sites is 2. The fourth-order valence-electron chi connectivity index (χ4n) is 2.16. The van der Waals surface area contributed by atoms with E-state index >= 15 is 0 Å². The molecule has 0 atom stereocenters. The first kappa shape index (κ1) is 18.3. The van der Waals surface area contributed by atoms with Gasteiger partial charge in [-0.2, -0.15) is 0 Å². The average molecular weight is 342 g/mol. The molecule has 0 fully saturated rings. The number of benzene rings is 2. The second-order valence-electron chi connectivity index (χ2n) is 5.22. The van der Waals surface area contributed by atoms with Gasteiger partial charge in [-0.15, -0.1) is 0 Å². The first-order valence-corrected chi connectivity index (χ1v) is 8.06. The van der Waals surface area contributed by atoms with Crippen LogP contribution in [0.5, 0.6) is 11.5 Å². The molecule has 0 spiro atoms. The first-order valence-electron chi connectivity index (χ1n) is 8.06. The number of carbonyl (C=O) groups excluding carboxylic acids is 2. The minimum Gasteiger partial charge on any atom is -0.493 e. The summed E-state index contributed by atoms with van der Waals surface area (Å²) < 4.78 is 10.8. The van der Waals surface area contributed by atoms with Gasteiger partial charge in [-0.05, 0) is 24.3 Å². The van der Waals surface area contributed by atoms with Crippen molar-refractivity contribution in [3.63, 3.8) is 0 Å². The normalized spacial score (nSPS) is 9.96. The summed E-state index contributed by atoms with van der Waals surface area (Å²) in [6.07, 6.45) is 0.216. The van der Waals surface area contributed by atoms with Crippen LogP contribution in [0.4, 0.5) is 0 Å². The van der Waals surface area contributed by atoms with Gasteiger partial charge in [0.25, 0.3) is 5.91 Å². The van der Waals surface area contributed by atoms with Crippen LogP contribution in [-0.4, -0.2) is 38.6 Å². The number of rotatable bonds is 9. The summed E-state index contributed by atoms with van der Waals surface area (Å²) >= 11 is 0. The maximum absolute atomic E-state index is 11.8. The Labute approximate surface area is 147 Å². The lowest BCUT2D eigenvalue weighted by Crippen LogP contribution is -2.32. The monoisotopic (exact) mass is 342 g/mol. The van der Waals surface area contributed by atoms with E-state index in [1.165, 1.54) is 0 Å². The summed E-state index contributed by atoms with van der Waals surface area (Å²) in [7, 11) is 1.58. The van der Waals surface area contributed by atoms with Crippen LogP contribution in [0, 0.1) is 0 Å². The van der Waals surface area contributed by atoms with Crippen molar-refractivity contribution in [1.29, 1.82) is 0 Å². The number of hydrogen-bond donors (Lipinski definition) is 2. The van der Waals surface area contributed by atoms with Gasteiger partial charge in [0.05, 0.1) is 13.7 Å². The zero-order valence-corrected chi connectivity index (χ0v) is 14.2. The van der Waals surface area contributed by atoms with Crippen molar-refractivity contribution in [2.24, 2.45) is 0 Å². The van der Waals surface area contributed by atoms with E-state index < -0.39 is 0 Å². The first-order chi connectivity index (χ1) is 12.2. The Morgan fingerprint density at radius 1 is 0.880 bits per heavy atom. The molecule has 6 nitrogen and oxygen atoms in total. The molecule has 0 aliphatic carbocycles. The highest BCUT2D eigenvalue weighted by molar-refractivity contribution is 5.94. The summed E-state index contributed by atoms with van der Waals surface area (Å²) in [6, 6.07) is 16.2. The maximum atomic E-state index is 11.8. The molecule has 0 saturated heterocycles. The van der Waals surface area contributed by atoms with Crippen LogP contribution in [0.1, 0.15) is 16.8 Å². The number of methoxy groups -OCH3 is 1. The van der Waals surface area contributed by atoms with Crippen LogP contribution < -0.4 is 20.1 Å². The van der Waals surface area contributed by atoms with Gasteiger partial charge < -0.3 is 20.1 Å². The quantitative estimate of drug-likeness (QED) is 0.684. The summed E-state index contributed by atoms with van der Waals surface area (Å²) in [5.74, 6) is 0.955. The Bertz CT molecular complexity index is 689. The van der Waals surface area contributed by atoms with Gasteiger partial charge in [0.15, 0.2) is 11.5 Å². The molecule has 2 rings (SSSR count). The molecule has 0 aliphatic rings. The molecular formula is C19H22N2O4. The highest BCUT2D eigenvalue weighted by Crippen LogP contribution is 2.25. The van der Waals surface area contributed by atoms with Crippen LogP contribution in [0.2, 0.25) is 0 Å². The van der Waals surface area contributed by atoms with Crippen LogP contribution in [0.25, 0.3) is 0 Å². The number of hydrogen-bond acceptors (Lipinski definition) is 4. The van der Waals surface area contributed by atoms with Crippen molar-refractivity contribution >= 4 is 11.8 Å². The van der Waals surface area contributed by atoms with Crippen molar-refractivity contribution in [3.8, 4) is 11.5 Å². The lowest BCUT2D eigenvalue weighted by molar-refractivity contribution is -0.121. The molecule has 0 aromatic heterocycles. The molecular weight excluding hydrogens is 320 g/mol. The number of carbonyl (C=O) groups is 2. The summed E-state index contributed by atoms with van der Waals surface area (Å²) in [5, 5.41) is 5.46.